The van der Waals surface area contributed by atoms with Gasteiger partial charge in [-0.05, 0) is 62.1 Å². The minimum atomic E-state index is -0.0781. The molecule has 0 aliphatic carbocycles. The van der Waals surface area contributed by atoms with Crippen molar-refractivity contribution in [2.24, 2.45) is 0 Å². The summed E-state index contributed by atoms with van der Waals surface area (Å²) in [5.74, 6) is 0.475. The van der Waals surface area contributed by atoms with Crippen molar-refractivity contribution < 1.29 is 4.79 Å². The van der Waals surface area contributed by atoms with Crippen molar-refractivity contribution in [2.75, 3.05) is 5.32 Å². The van der Waals surface area contributed by atoms with Crippen LogP contribution in [-0.4, -0.2) is 21.5 Å². The van der Waals surface area contributed by atoms with Gasteiger partial charge >= 0.3 is 6.03 Å². The van der Waals surface area contributed by atoms with Crippen LogP contribution in [0.1, 0.15) is 56.0 Å². The molecule has 3 aromatic rings. The van der Waals surface area contributed by atoms with Gasteiger partial charge in [0.25, 0.3) is 0 Å². The average Bonchev–Trinajstić information content (AvgIpc) is 3.13. The standard InChI is InChI=1S/C26H33N3O/c1-19(2)23-11-13-24(14-12-23)27-26(30)29(20(3)4)18-25-10-7-15-28(25)17-22-9-6-8-21(5)16-22/h6-16,19-20H,17-18H2,1-5H3,(H,27,30). The summed E-state index contributed by atoms with van der Waals surface area (Å²) >= 11 is 0. The number of nitrogens with zero attached hydrogens (tertiary/aromatic N) is 2. The van der Waals surface area contributed by atoms with E-state index in [1.165, 1.54) is 16.7 Å². The van der Waals surface area contributed by atoms with E-state index in [4.69, 9.17) is 0 Å². The Hall–Kier alpha value is -3.01. The van der Waals surface area contributed by atoms with Crippen LogP contribution in [0.4, 0.5) is 10.5 Å². The van der Waals surface area contributed by atoms with Crippen molar-refractivity contribution in [3.8, 4) is 0 Å². The van der Waals surface area contributed by atoms with Gasteiger partial charge in [0.15, 0.2) is 0 Å². The number of carbonyl (C=O) groups is 1. The third-order valence-electron chi connectivity index (χ3n) is 5.40. The van der Waals surface area contributed by atoms with E-state index in [9.17, 15) is 4.79 Å². The molecule has 30 heavy (non-hydrogen) atoms. The van der Waals surface area contributed by atoms with Gasteiger partial charge in [-0.2, -0.15) is 0 Å². The fraction of sp³-hybridized carbons (Fsp3) is 0.346. The normalized spacial score (nSPS) is 11.2. The third-order valence-corrected chi connectivity index (χ3v) is 5.40. The number of urea groups is 1. The molecule has 158 valence electrons. The molecule has 0 bridgehead atoms. The predicted octanol–water partition coefficient (Wildman–Crippen LogP) is 6.41. The molecular weight excluding hydrogens is 370 g/mol. The van der Waals surface area contributed by atoms with Crippen LogP contribution >= 0.6 is 0 Å². The van der Waals surface area contributed by atoms with Crippen molar-refractivity contribution in [1.82, 2.24) is 9.47 Å². The molecule has 2 aromatic carbocycles. The Morgan fingerprint density at radius 3 is 2.37 bits per heavy atom. The maximum absolute atomic E-state index is 13.0. The zero-order chi connectivity index (χ0) is 21.7. The van der Waals surface area contributed by atoms with Crippen LogP contribution in [0, 0.1) is 6.92 Å². The Balaban J connectivity index is 1.71. The van der Waals surface area contributed by atoms with Gasteiger partial charge in [0.05, 0.1) is 6.54 Å². The van der Waals surface area contributed by atoms with E-state index in [2.05, 4.69) is 93.2 Å². The van der Waals surface area contributed by atoms with E-state index in [0.29, 0.717) is 12.5 Å². The molecule has 1 N–H and O–H groups in total. The number of carbonyl (C=O) groups excluding carboxylic acids is 1. The second-order valence-electron chi connectivity index (χ2n) is 8.54. The number of nitrogens with one attached hydrogen (secondary N) is 1. The first kappa shape index (κ1) is 21.7. The lowest BCUT2D eigenvalue weighted by Gasteiger charge is -2.27. The number of anilines is 1. The Bertz CT molecular complexity index is 970. The number of aryl methyl sites for hydroxylation is 1. The van der Waals surface area contributed by atoms with E-state index in [0.717, 1.165) is 17.9 Å². The number of aromatic nitrogens is 1. The average molecular weight is 404 g/mol. The molecule has 0 saturated carbocycles. The molecule has 0 unspecified atom stereocenters. The smallest absolute Gasteiger partial charge is 0.322 e. The summed E-state index contributed by atoms with van der Waals surface area (Å²) in [6.07, 6.45) is 2.08. The monoisotopic (exact) mass is 403 g/mol. The highest BCUT2D eigenvalue weighted by molar-refractivity contribution is 5.89. The fourth-order valence-electron chi connectivity index (χ4n) is 3.56. The maximum atomic E-state index is 13.0. The molecular formula is C26H33N3O. The van der Waals surface area contributed by atoms with Gasteiger partial charge in [-0.15, -0.1) is 0 Å². The minimum Gasteiger partial charge on any atom is -0.345 e. The summed E-state index contributed by atoms with van der Waals surface area (Å²) in [7, 11) is 0. The highest BCUT2D eigenvalue weighted by Crippen LogP contribution is 2.19. The molecule has 0 saturated heterocycles. The van der Waals surface area contributed by atoms with Crippen LogP contribution in [0.3, 0.4) is 0 Å². The first-order valence-electron chi connectivity index (χ1n) is 10.7. The quantitative estimate of drug-likeness (QED) is 0.486. The molecule has 0 spiro atoms. The van der Waals surface area contributed by atoms with E-state index in [1.54, 1.807) is 0 Å². The second-order valence-corrected chi connectivity index (χ2v) is 8.54. The van der Waals surface area contributed by atoms with Gasteiger partial charge in [0.2, 0.25) is 0 Å². The molecule has 0 atom stereocenters. The van der Waals surface area contributed by atoms with Crippen molar-refractivity contribution in [2.45, 2.75) is 59.7 Å². The Morgan fingerprint density at radius 2 is 1.73 bits per heavy atom. The molecule has 2 amide bonds. The van der Waals surface area contributed by atoms with Gasteiger partial charge in [-0.25, -0.2) is 4.79 Å². The summed E-state index contributed by atoms with van der Waals surface area (Å²) in [6.45, 7) is 11.9. The number of hydrogen-bond donors (Lipinski definition) is 1. The van der Waals surface area contributed by atoms with Crippen molar-refractivity contribution in [3.63, 3.8) is 0 Å². The summed E-state index contributed by atoms with van der Waals surface area (Å²) in [5, 5.41) is 3.06. The van der Waals surface area contributed by atoms with Crippen molar-refractivity contribution in [1.29, 1.82) is 0 Å². The van der Waals surface area contributed by atoms with Crippen LogP contribution < -0.4 is 5.32 Å². The van der Waals surface area contributed by atoms with Gasteiger partial charge in [0, 0.05) is 30.2 Å². The summed E-state index contributed by atoms with van der Waals surface area (Å²) in [5.41, 5.74) is 5.73. The van der Waals surface area contributed by atoms with E-state index >= 15 is 0 Å². The van der Waals surface area contributed by atoms with E-state index < -0.39 is 0 Å². The lowest BCUT2D eigenvalue weighted by atomic mass is 10.0. The highest BCUT2D eigenvalue weighted by Gasteiger charge is 2.19. The Kier molecular flexibility index (Phi) is 6.99. The largest absolute Gasteiger partial charge is 0.345 e. The third kappa shape index (κ3) is 5.53. The van der Waals surface area contributed by atoms with Crippen molar-refractivity contribution in [3.05, 3.63) is 89.2 Å². The lowest BCUT2D eigenvalue weighted by Crippen LogP contribution is -2.40. The number of benzene rings is 2. The topological polar surface area (TPSA) is 37.3 Å². The van der Waals surface area contributed by atoms with Crippen LogP contribution in [-0.2, 0) is 13.1 Å². The van der Waals surface area contributed by atoms with Crippen LogP contribution in [0.5, 0.6) is 0 Å². The Labute approximate surface area is 180 Å². The molecule has 0 aliphatic heterocycles. The molecule has 3 rings (SSSR count). The van der Waals surface area contributed by atoms with Gasteiger partial charge in [0.1, 0.15) is 0 Å². The summed E-state index contributed by atoms with van der Waals surface area (Å²) in [6, 6.07) is 20.8. The molecule has 1 heterocycles. The second kappa shape index (κ2) is 9.66. The van der Waals surface area contributed by atoms with Crippen LogP contribution in [0.25, 0.3) is 0 Å². The van der Waals surface area contributed by atoms with Gasteiger partial charge in [-0.1, -0.05) is 55.8 Å². The van der Waals surface area contributed by atoms with Gasteiger partial charge < -0.3 is 14.8 Å². The SMILES string of the molecule is Cc1cccc(Cn2cccc2CN(C(=O)Nc2ccc(C(C)C)cc2)C(C)C)c1. The van der Waals surface area contributed by atoms with E-state index in [1.807, 2.05) is 23.1 Å². The zero-order valence-electron chi connectivity index (χ0n) is 18.7. The summed E-state index contributed by atoms with van der Waals surface area (Å²) in [4.78, 5) is 14.9. The molecule has 1 aromatic heterocycles. The molecule has 0 radical (unpaired) electrons. The first-order valence-corrected chi connectivity index (χ1v) is 10.7. The van der Waals surface area contributed by atoms with Crippen molar-refractivity contribution >= 4 is 11.7 Å². The summed E-state index contributed by atoms with van der Waals surface area (Å²) < 4.78 is 2.22. The lowest BCUT2D eigenvalue weighted by molar-refractivity contribution is 0.192. The van der Waals surface area contributed by atoms with Crippen LogP contribution in [0.2, 0.25) is 0 Å². The first-order chi connectivity index (χ1) is 14.3. The predicted molar refractivity (Wildman–Crippen MR) is 125 cm³/mol. The number of hydrogen-bond acceptors (Lipinski definition) is 1. The fourth-order valence-corrected chi connectivity index (χ4v) is 3.56. The molecule has 4 nitrogen and oxygen atoms in total. The number of amides is 2. The van der Waals surface area contributed by atoms with Gasteiger partial charge in [-0.3, -0.25) is 0 Å². The molecule has 0 fully saturated rings. The Morgan fingerprint density at radius 1 is 1.00 bits per heavy atom. The minimum absolute atomic E-state index is 0.0781. The highest BCUT2D eigenvalue weighted by atomic mass is 16.2. The zero-order valence-corrected chi connectivity index (χ0v) is 18.7. The molecule has 4 heteroatoms. The van der Waals surface area contributed by atoms with E-state index in [-0.39, 0.29) is 12.1 Å². The molecule has 0 aliphatic rings. The number of rotatable bonds is 7. The van der Waals surface area contributed by atoms with Crippen LogP contribution in [0.15, 0.2) is 66.9 Å². The maximum Gasteiger partial charge on any atom is 0.322 e.